The summed E-state index contributed by atoms with van der Waals surface area (Å²) in [5.74, 6) is -2.26. The molecule has 0 spiro atoms. The van der Waals surface area contributed by atoms with Gasteiger partial charge in [0.1, 0.15) is 17.3 Å². The molecule has 0 fully saturated rings. The lowest BCUT2D eigenvalue weighted by molar-refractivity contribution is -0.136. The molecule has 1 aliphatic rings. The molecule has 0 aliphatic carbocycles. The average Bonchev–Trinajstić information content (AvgIpc) is 2.67. The molecule has 1 aliphatic heterocycles. The third kappa shape index (κ3) is 5.80. The van der Waals surface area contributed by atoms with Gasteiger partial charge < -0.3 is 10.1 Å². The van der Waals surface area contributed by atoms with E-state index < -0.39 is 17.6 Å². The largest absolute Gasteiger partial charge is 0.466 e. The first-order chi connectivity index (χ1) is 13.3. The predicted octanol–water partition coefficient (Wildman–Crippen LogP) is 4.01. The lowest BCUT2D eigenvalue weighted by Gasteiger charge is -2.19. The summed E-state index contributed by atoms with van der Waals surface area (Å²) < 4.78 is 43.2. The van der Waals surface area contributed by atoms with Gasteiger partial charge in [0.2, 0.25) is 0 Å². The minimum atomic E-state index is -0.827. The Hall–Kier alpha value is -2.39. The van der Waals surface area contributed by atoms with Gasteiger partial charge in [-0.1, -0.05) is 33.6 Å². The molecule has 1 aromatic heterocycles. The number of ether oxygens (including phenoxy) is 1. The topological polar surface area (TPSA) is 63.6 Å². The van der Waals surface area contributed by atoms with Crippen LogP contribution in [0, 0.1) is 17.5 Å². The Balaban J connectivity index is 0.000000292. The van der Waals surface area contributed by atoms with Gasteiger partial charge in [-0.3, -0.25) is 4.99 Å². The molecule has 3 rings (SSSR count). The second kappa shape index (κ2) is 10.2. The third-order valence-electron chi connectivity index (χ3n) is 3.41. The van der Waals surface area contributed by atoms with Crippen LogP contribution < -0.4 is 5.32 Å². The number of allylic oxidation sites excluding steroid dienone is 1. The average molecular weight is 477 g/mol. The van der Waals surface area contributed by atoms with Crippen molar-refractivity contribution in [3.63, 3.8) is 0 Å². The van der Waals surface area contributed by atoms with Gasteiger partial charge in [-0.15, -0.1) is 0 Å². The minimum Gasteiger partial charge on any atom is -0.466 e. The normalized spacial score (nSPS) is 13.1. The fourth-order valence-electron chi connectivity index (χ4n) is 2.12. The maximum atomic E-state index is 13.6. The van der Waals surface area contributed by atoms with Gasteiger partial charge in [0.25, 0.3) is 0 Å². The van der Waals surface area contributed by atoms with Crippen molar-refractivity contribution in [3.8, 4) is 0 Å². The molecule has 0 saturated carbocycles. The van der Waals surface area contributed by atoms with E-state index >= 15 is 0 Å². The van der Waals surface area contributed by atoms with E-state index in [1.807, 2.05) is 0 Å². The second-order valence-corrected chi connectivity index (χ2v) is 6.29. The van der Waals surface area contributed by atoms with Crippen LogP contribution in [0.5, 0.6) is 0 Å². The van der Waals surface area contributed by atoms with Crippen molar-refractivity contribution in [1.29, 1.82) is 0 Å². The van der Waals surface area contributed by atoms with Crippen LogP contribution in [0.3, 0.4) is 0 Å². The van der Waals surface area contributed by atoms with Crippen molar-refractivity contribution < 1.29 is 22.7 Å². The van der Waals surface area contributed by atoms with Crippen LogP contribution in [-0.4, -0.2) is 35.8 Å². The maximum Gasteiger partial charge on any atom is 0.337 e. The zero-order valence-electron chi connectivity index (χ0n) is 14.5. The summed E-state index contributed by atoms with van der Waals surface area (Å²) in [5, 5.41) is 3.57. The SMILES string of the molecule is COC(=O)C1=C(CBr)NC(c2ncc(F)cc2F)=NC1.Fc1cccc(Cl)c1. The number of alkyl halides is 1. The van der Waals surface area contributed by atoms with Crippen LogP contribution in [0.25, 0.3) is 0 Å². The Labute approximate surface area is 172 Å². The van der Waals surface area contributed by atoms with Crippen molar-refractivity contribution >= 4 is 39.3 Å². The summed E-state index contributed by atoms with van der Waals surface area (Å²) >= 11 is 8.63. The molecular weight excluding hydrogens is 463 g/mol. The number of rotatable bonds is 3. The summed E-state index contributed by atoms with van der Waals surface area (Å²) in [4.78, 5) is 19.2. The Morgan fingerprint density at radius 2 is 2.04 bits per heavy atom. The number of aromatic nitrogens is 1. The zero-order valence-corrected chi connectivity index (χ0v) is 16.8. The molecule has 2 aromatic rings. The lowest BCUT2D eigenvalue weighted by Crippen LogP contribution is -2.34. The molecule has 0 unspecified atom stereocenters. The first kappa shape index (κ1) is 21.9. The van der Waals surface area contributed by atoms with Crippen molar-refractivity contribution in [1.82, 2.24) is 10.3 Å². The Morgan fingerprint density at radius 3 is 2.57 bits per heavy atom. The number of aliphatic imine (C=N–C) groups is 1. The Morgan fingerprint density at radius 1 is 1.29 bits per heavy atom. The molecule has 5 nitrogen and oxygen atoms in total. The van der Waals surface area contributed by atoms with E-state index in [4.69, 9.17) is 11.6 Å². The zero-order chi connectivity index (χ0) is 20.7. The summed E-state index contributed by atoms with van der Waals surface area (Å²) in [7, 11) is 1.27. The first-order valence-corrected chi connectivity index (χ1v) is 9.26. The summed E-state index contributed by atoms with van der Waals surface area (Å²) in [6.07, 6.45) is 0.899. The summed E-state index contributed by atoms with van der Waals surface area (Å²) in [6, 6.07) is 6.54. The van der Waals surface area contributed by atoms with E-state index in [-0.39, 0.29) is 23.9 Å². The van der Waals surface area contributed by atoms with Gasteiger partial charge in [-0.2, -0.15) is 0 Å². The van der Waals surface area contributed by atoms with E-state index in [0.29, 0.717) is 21.6 Å². The molecule has 1 aromatic carbocycles. The number of carbonyl (C=O) groups excluding carboxylic acids is 1. The van der Waals surface area contributed by atoms with Crippen LogP contribution in [0.2, 0.25) is 5.02 Å². The molecule has 0 radical (unpaired) electrons. The minimum absolute atomic E-state index is 0.0361. The highest BCUT2D eigenvalue weighted by molar-refractivity contribution is 9.09. The van der Waals surface area contributed by atoms with E-state index in [1.165, 1.54) is 19.2 Å². The van der Waals surface area contributed by atoms with Crippen LogP contribution in [-0.2, 0) is 9.53 Å². The van der Waals surface area contributed by atoms with Crippen molar-refractivity contribution in [2.45, 2.75) is 0 Å². The molecule has 28 heavy (non-hydrogen) atoms. The number of esters is 1. The van der Waals surface area contributed by atoms with Gasteiger partial charge in [0.15, 0.2) is 11.7 Å². The highest BCUT2D eigenvalue weighted by Crippen LogP contribution is 2.16. The predicted molar refractivity (Wildman–Crippen MR) is 103 cm³/mol. The summed E-state index contributed by atoms with van der Waals surface area (Å²) in [5.41, 5.74) is 0.747. The number of pyridine rings is 1. The van der Waals surface area contributed by atoms with E-state index in [2.05, 4.69) is 36.0 Å². The monoisotopic (exact) mass is 475 g/mol. The molecule has 2 heterocycles. The Kier molecular flexibility index (Phi) is 8.01. The number of methoxy groups -OCH3 is 1. The number of nitrogens with zero attached hydrogens (tertiary/aromatic N) is 2. The van der Waals surface area contributed by atoms with Gasteiger partial charge in [0, 0.05) is 22.1 Å². The van der Waals surface area contributed by atoms with Gasteiger partial charge >= 0.3 is 5.97 Å². The number of carbonyl (C=O) groups is 1. The third-order valence-corrected chi connectivity index (χ3v) is 4.21. The van der Waals surface area contributed by atoms with Gasteiger partial charge in [0.05, 0.1) is 25.4 Å². The number of hydrogen-bond donors (Lipinski definition) is 1. The standard InChI is InChI=1S/C12H10BrF2N3O2.C6H4ClF/c1-20-12(19)7-5-17-11(18-9(7)3-13)10-8(15)2-6(14)4-16-10;7-5-2-1-3-6(8)4-5/h2,4H,3,5H2,1H3,(H,17,18);1-4H. The number of halogens is 5. The molecule has 0 saturated heterocycles. The van der Waals surface area contributed by atoms with Crippen molar-refractivity contribution in [2.75, 3.05) is 19.0 Å². The summed E-state index contributed by atoms with van der Waals surface area (Å²) in [6.45, 7) is 0.0361. The number of amidine groups is 1. The van der Waals surface area contributed by atoms with E-state index in [1.54, 1.807) is 12.1 Å². The van der Waals surface area contributed by atoms with Crippen LogP contribution >= 0.6 is 27.5 Å². The van der Waals surface area contributed by atoms with Crippen LogP contribution in [0.4, 0.5) is 13.2 Å². The molecule has 148 valence electrons. The van der Waals surface area contributed by atoms with Crippen molar-refractivity contribution in [2.24, 2.45) is 4.99 Å². The first-order valence-electron chi connectivity index (χ1n) is 7.76. The molecule has 0 atom stereocenters. The Bertz CT molecular complexity index is 921. The number of hydrogen-bond acceptors (Lipinski definition) is 5. The molecule has 0 bridgehead atoms. The quantitative estimate of drug-likeness (QED) is 0.537. The molecular formula is C18H14BrClF3N3O2. The number of nitrogens with one attached hydrogen (secondary N) is 1. The van der Waals surface area contributed by atoms with E-state index in [9.17, 15) is 18.0 Å². The van der Waals surface area contributed by atoms with Gasteiger partial charge in [-0.25, -0.2) is 22.9 Å². The maximum absolute atomic E-state index is 13.6. The highest BCUT2D eigenvalue weighted by atomic mass is 79.9. The van der Waals surface area contributed by atoms with E-state index in [0.717, 1.165) is 12.3 Å². The fourth-order valence-corrected chi connectivity index (χ4v) is 2.77. The fraction of sp³-hybridized carbons (Fsp3) is 0.167. The highest BCUT2D eigenvalue weighted by Gasteiger charge is 2.23. The van der Waals surface area contributed by atoms with Crippen molar-refractivity contribution in [3.05, 3.63) is 76.0 Å². The second-order valence-electron chi connectivity index (χ2n) is 5.30. The lowest BCUT2D eigenvalue weighted by atomic mass is 10.1. The van der Waals surface area contributed by atoms with Crippen LogP contribution in [0.15, 0.2) is 52.8 Å². The molecule has 1 N–H and O–H groups in total. The van der Waals surface area contributed by atoms with Gasteiger partial charge in [-0.05, 0) is 18.2 Å². The molecule has 10 heteroatoms. The van der Waals surface area contributed by atoms with Crippen LogP contribution in [0.1, 0.15) is 5.69 Å². The number of benzene rings is 1. The smallest absolute Gasteiger partial charge is 0.337 e. The molecule has 0 amide bonds.